The molecule has 166 valence electrons. The normalized spacial score (nSPS) is 22.4. The van der Waals surface area contributed by atoms with Crippen LogP contribution in [0.15, 0.2) is 18.7 Å². The number of nitrogens with one attached hydrogen (secondary N) is 1. The monoisotopic (exact) mass is 415 g/mol. The number of phenols is 2. The van der Waals surface area contributed by atoms with Crippen LogP contribution in [-0.2, 0) is 4.74 Å². The van der Waals surface area contributed by atoms with Crippen molar-refractivity contribution in [3.8, 4) is 11.5 Å². The van der Waals surface area contributed by atoms with Crippen molar-refractivity contribution in [3.63, 3.8) is 0 Å². The predicted octanol–water partition coefficient (Wildman–Crippen LogP) is 4.52. The van der Waals surface area contributed by atoms with Crippen molar-refractivity contribution in [3.05, 3.63) is 29.8 Å². The zero-order valence-corrected chi connectivity index (χ0v) is 18.7. The highest BCUT2D eigenvalue weighted by atomic mass is 16.5. The average Bonchev–Trinajstić information content (AvgIpc) is 3.23. The molecule has 2 aliphatic rings. The Labute approximate surface area is 180 Å². The van der Waals surface area contributed by atoms with E-state index in [4.69, 9.17) is 10.1 Å². The quantitative estimate of drug-likeness (QED) is 0.450. The van der Waals surface area contributed by atoms with Crippen LogP contribution in [0.1, 0.15) is 69.4 Å². The number of hydrogen-bond donors (Lipinski definition) is 3. The van der Waals surface area contributed by atoms with Gasteiger partial charge in [-0.2, -0.15) is 0 Å². The molecular formula is C24H37N3O3. The van der Waals surface area contributed by atoms with Gasteiger partial charge in [0.2, 0.25) is 0 Å². The van der Waals surface area contributed by atoms with Crippen LogP contribution in [0, 0.1) is 5.41 Å². The lowest BCUT2D eigenvalue weighted by Gasteiger charge is -2.41. The summed E-state index contributed by atoms with van der Waals surface area (Å²) in [6.45, 7) is 10.9. The molecule has 1 heterocycles. The zero-order valence-electron chi connectivity index (χ0n) is 18.7. The molecule has 6 nitrogen and oxygen atoms in total. The molecule has 0 unspecified atom stereocenters. The number of nitrogens with zero attached hydrogens (tertiary/aromatic N) is 2. The first kappa shape index (κ1) is 22.6. The van der Waals surface area contributed by atoms with Gasteiger partial charge in [-0.25, -0.2) is 0 Å². The van der Waals surface area contributed by atoms with Crippen LogP contribution in [0.4, 0.5) is 0 Å². The molecule has 1 aliphatic carbocycles. The van der Waals surface area contributed by atoms with Crippen molar-refractivity contribution in [1.29, 1.82) is 5.41 Å². The molecule has 6 heteroatoms. The number of likely N-dealkylation sites (tertiary alicyclic amines) is 1. The molecule has 1 aliphatic heterocycles. The standard InChI is InChI=1S/C24H37N3O3/c1-16(2)20-13-21(23(29)14-22(20)28)17(3)27(24(25)15-30-4)19-9-7-18(8-10-19)26-11-5-6-12-26/h13-14,16,18-19,25,28-29H,3,5-12,15H2,1-2,4H3. The summed E-state index contributed by atoms with van der Waals surface area (Å²) >= 11 is 0. The maximum atomic E-state index is 10.6. The van der Waals surface area contributed by atoms with Crippen LogP contribution in [0.25, 0.3) is 5.70 Å². The molecule has 3 rings (SSSR count). The highest BCUT2D eigenvalue weighted by molar-refractivity contribution is 5.90. The molecule has 0 spiro atoms. The van der Waals surface area contributed by atoms with Gasteiger partial charge in [0.1, 0.15) is 23.9 Å². The van der Waals surface area contributed by atoms with Gasteiger partial charge in [0.25, 0.3) is 0 Å². The van der Waals surface area contributed by atoms with Gasteiger partial charge < -0.3 is 24.7 Å². The van der Waals surface area contributed by atoms with Gasteiger partial charge in [-0.1, -0.05) is 20.4 Å². The second kappa shape index (κ2) is 9.84. The average molecular weight is 416 g/mol. The largest absolute Gasteiger partial charge is 0.508 e. The molecule has 1 aromatic carbocycles. The van der Waals surface area contributed by atoms with Crippen molar-refractivity contribution in [2.45, 2.75) is 70.4 Å². The Morgan fingerprint density at radius 3 is 2.37 bits per heavy atom. The maximum Gasteiger partial charge on any atom is 0.128 e. The van der Waals surface area contributed by atoms with E-state index in [2.05, 4.69) is 11.5 Å². The van der Waals surface area contributed by atoms with Gasteiger partial charge in [0.15, 0.2) is 0 Å². The van der Waals surface area contributed by atoms with E-state index in [0.29, 0.717) is 23.1 Å². The summed E-state index contributed by atoms with van der Waals surface area (Å²) in [6, 6.07) is 4.00. The van der Waals surface area contributed by atoms with Crippen molar-refractivity contribution in [2.24, 2.45) is 0 Å². The summed E-state index contributed by atoms with van der Waals surface area (Å²) < 4.78 is 5.26. The van der Waals surface area contributed by atoms with Gasteiger partial charge in [0, 0.05) is 36.5 Å². The lowest BCUT2D eigenvalue weighted by atomic mass is 9.88. The van der Waals surface area contributed by atoms with E-state index < -0.39 is 0 Å². The highest BCUT2D eigenvalue weighted by Gasteiger charge is 2.33. The zero-order chi connectivity index (χ0) is 21.8. The first-order valence-electron chi connectivity index (χ1n) is 11.2. The Morgan fingerprint density at radius 2 is 1.80 bits per heavy atom. The Balaban J connectivity index is 1.83. The summed E-state index contributed by atoms with van der Waals surface area (Å²) in [6.07, 6.45) is 6.82. The SMILES string of the molecule is C=C(c1cc(C(C)C)c(O)cc1O)N(C(=N)COC)C1CCC(N2CCCC2)CC1. The van der Waals surface area contributed by atoms with Gasteiger partial charge in [0.05, 0.1) is 0 Å². The number of amidine groups is 1. The van der Waals surface area contributed by atoms with Crippen molar-refractivity contribution < 1.29 is 14.9 Å². The van der Waals surface area contributed by atoms with Crippen molar-refractivity contribution >= 4 is 11.5 Å². The second-order valence-electron chi connectivity index (χ2n) is 8.98. The van der Waals surface area contributed by atoms with Gasteiger partial charge in [-0.3, -0.25) is 5.41 Å². The van der Waals surface area contributed by atoms with Crippen molar-refractivity contribution in [2.75, 3.05) is 26.8 Å². The van der Waals surface area contributed by atoms with Gasteiger partial charge in [-0.05, 0) is 69.2 Å². The third-order valence-electron chi connectivity index (χ3n) is 6.63. The van der Waals surface area contributed by atoms with Gasteiger partial charge >= 0.3 is 0 Å². The minimum atomic E-state index is -0.0112. The van der Waals surface area contributed by atoms with Crippen LogP contribution < -0.4 is 0 Å². The smallest absolute Gasteiger partial charge is 0.128 e. The third kappa shape index (κ3) is 4.81. The lowest BCUT2D eigenvalue weighted by Crippen LogP contribution is -2.45. The molecule has 0 atom stereocenters. The maximum absolute atomic E-state index is 10.6. The van der Waals surface area contributed by atoms with Crippen LogP contribution in [0.2, 0.25) is 0 Å². The Morgan fingerprint density at radius 1 is 1.17 bits per heavy atom. The van der Waals surface area contributed by atoms with E-state index in [0.717, 1.165) is 31.2 Å². The molecular weight excluding hydrogens is 378 g/mol. The number of ether oxygens (including phenoxy) is 1. The molecule has 2 fully saturated rings. The third-order valence-corrected chi connectivity index (χ3v) is 6.63. The molecule has 0 aromatic heterocycles. The summed E-state index contributed by atoms with van der Waals surface area (Å²) in [5.41, 5.74) is 1.93. The summed E-state index contributed by atoms with van der Waals surface area (Å²) in [5, 5.41) is 29.4. The Hall–Kier alpha value is -2.05. The van der Waals surface area contributed by atoms with E-state index in [1.54, 1.807) is 13.2 Å². The number of benzene rings is 1. The molecule has 1 saturated carbocycles. The number of phenolic OH excluding ortho intramolecular Hbond substituents is 2. The van der Waals surface area contributed by atoms with Crippen LogP contribution >= 0.6 is 0 Å². The number of hydrogen-bond acceptors (Lipinski definition) is 5. The molecule has 30 heavy (non-hydrogen) atoms. The summed E-state index contributed by atoms with van der Waals surface area (Å²) in [4.78, 5) is 4.57. The number of aromatic hydroxyl groups is 2. The first-order valence-corrected chi connectivity index (χ1v) is 11.2. The van der Waals surface area contributed by atoms with Crippen LogP contribution in [0.3, 0.4) is 0 Å². The molecule has 1 aromatic rings. The topological polar surface area (TPSA) is 80.0 Å². The highest BCUT2D eigenvalue weighted by Crippen LogP contribution is 2.39. The minimum Gasteiger partial charge on any atom is -0.508 e. The Kier molecular flexibility index (Phi) is 7.42. The van der Waals surface area contributed by atoms with E-state index in [1.807, 2.05) is 18.7 Å². The Bertz CT molecular complexity index is 763. The first-order chi connectivity index (χ1) is 14.3. The summed E-state index contributed by atoms with van der Waals surface area (Å²) in [7, 11) is 1.59. The van der Waals surface area contributed by atoms with E-state index in [9.17, 15) is 10.2 Å². The van der Waals surface area contributed by atoms with Crippen molar-refractivity contribution in [1.82, 2.24) is 9.80 Å². The van der Waals surface area contributed by atoms with Gasteiger partial charge in [-0.15, -0.1) is 0 Å². The fraction of sp³-hybridized carbons (Fsp3) is 0.625. The molecule has 1 saturated heterocycles. The molecule has 0 bridgehead atoms. The van der Waals surface area contributed by atoms with E-state index in [1.165, 1.54) is 32.0 Å². The molecule has 0 amide bonds. The van der Waals surface area contributed by atoms with Crippen LogP contribution in [0.5, 0.6) is 11.5 Å². The predicted molar refractivity (Wildman–Crippen MR) is 121 cm³/mol. The molecule has 0 radical (unpaired) electrons. The molecule has 3 N–H and O–H groups in total. The van der Waals surface area contributed by atoms with Crippen LogP contribution in [-0.4, -0.2) is 64.7 Å². The lowest BCUT2D eigenvalue weighted by molar-refractivity contribution is 0.155. The van der Waals surface area contributed by atoms with E-state index in [-0.39, 0.29) is 30.1 Å². The minimum absolute atomic E-state index is 0.0112. The number of methoxy groups -OCH3 is 1. The number of rotatable bonds is 7. The summed E-state index contributed by atoms with van der Waals surface area (Å²) in [5.74, 6) is 0.539. The second-order valence-corrected chi connectivity index (χ2v) is 8.98. The van der Waals surface area contributed by atoms with E-state index >= 15 is 0 Å². The fourth-order valence-electron chi connectivity index (χ4n) is 5.02. The fourth-order valence-corrected chi connectivity index (χ4v) is 5.02.